The van der Waals surface area contributed by atoms with Crippen molar-refractivity contribution in [1.82, 2.24) is 0 Å². The molecule has 0 saturated heterocycles. The van der Waals surface area contributed by atoms with E-state index in [2.05, 4.69) is 63.7 Å². The lowest BCUT2D eigenvalue weighted by Gasteiger charge is -2.04. The fourth-order valence-electron chi connectivity index (χ4n) is 0.202. The number of hydrogen-bond acceptors (Lipinski definition) is 1. The van der Waals surface area contributed by atoms with E-state index in [0.717, 1.165) is 3.39 Å². The molecule has 0 saturated carbocycles. The van der Waals surface area contributed by atoms with E-state index in [0.29, 0.717) is 0 Å². The van der Waals surface area contributed by atoms with Gasteiger partial charge in [0.1, 0.15) is 0 Å². The van der Waals surface area contributed by atoms with E-state index in [9.17, 15) is 0 Å². The van der Waals surface area contributed by atoms with Crippen LogP contribution in [0.3, 0.4) is 0 Å². The van der Waals surface area contributed by atoms with Crippen LogP contribution in [-0.4, -0.2) is 14.9 Å². The van der Waals surface area contributed by atoms with Crippen LogP contribution in [0.2, 0.25) is 0 Å². The summed E-state index contributed by atoms with van der Waals surface area (Å²) in [5.41, 5.74) is 0. The van der Waals surface area contributed by atoms with E-state index in [1.165, 1.54) is 0 Å². The Bertz CT molecular complexity index is 107. The summed E-state index contributed by atoms with van der Waals surface area (Å²) in [6.45, 7) is 0. The van der Waals surface area contributed by atoms with Crippen LogP contribution in [0, 0.1) is 0 Å². The van der Waals surface area contributed by atoms with Gasteiger partial charge in [0.25, 0.3) is 0 Å². The predicted molar refractivity (Wildman–Crippen MR) is 53.6 cm³/mol. The van der Waals surface area contributed by atoms with Crippen molar-refractivity contribution in [1.29, 1.82) is 0 Å². The molecule has 0 heterocycles. The molecular formula is C4H4Br4O. The van der Waals surface area contributed by atoms with Gasteiger partial charge in [0.2, 0.25) is 0 Å². The SMILES string of the molecule is O[C@@H](C=C(Br)Br)C(Br)Br. The highest BCUT2D eigenvalue weighted by atomic mass is 79.9. The minimum absolute atomic E-state index is 0.102. The van der Waals surface area contributed by atoms with Gasteiger partial charge in [-0.3, -0.25) is 0 Å². The first-order valence-corrected chi connectivity index (χ1v) is 5.45. The molecule has 54 valence electrons. The van der Waals surface area contributed by atoms with Gasteiger partial charge in [-0.15, -0.1) is 0 Å². The van der Waals surface area contributed by atoms with Gasteiger partial charge < -0.3 is 5.11 Å². The predicted octanol–water partition coefficient (Wildman–Crippen LogP) is 3.09. The van der Waals surface area contributed by atoms with Gasteiger partial charge in [0.15, 0.2) is 0 Å². The fourth-order valence-corrected chi connectivity index (χ4v) is 1.05. The third-order valence-corrected chi connectivity index (χ3v) is 2.17. The summed E-state index contributed by atoms with van der Waals surface area (Å²) in [7, 11) is 0. The molecule has 0 bridgehead atoms. The van der Waals surface area contributed by atoms with Gasteiger partial charge in [-0.1, -0.05) is 31.9 Å². The standard InChI is InChI=1S/C4H4Br4O/c5-3(6)1-2(9)4(7)8/h1-2,4,9H/t2-/m0/s1. The second-order valence-corrected chi connectivity index (χ2v) is 7.26. The van der Waals surface area contributed by atoms with Crippen molar-refractivity contribution in [2.24, 2.45) is 0 Å². The molecule has 0 spiro atoms. The Labute approximate surface area is 87.4 Å². The van der Waals surface area contributed by atoms with Crippen LogP contribution in [0.1, 0.15) is 0 Å². The number of rotatable bonds is 2. The zero-order chi connectivity index (χ0) is 7.44. The van der Waals surface area contributed by atoms with E-state index in [-0.39, 0.29) is 3.74 Å². The second-order valence-electron chi connectivity index (χ2n) is 1.28. The number of halogens is 4. The molecule has 0 aromatic rings. The van der Waals surface area contributed by atoms with Crippen LogP contribution in [-0.2, 0) is 0 Å². The van der Waals surface area contributed by atoms with Crippen molar-refractivity contribution in [3.8, 4) is 0 Å². The molecule has 1 atom stereocenters. The highest BCUT2D eigenvalue weighted by Gasteiger charge is 2.08. The van der Waals surface area contributed by atoms with Gasteiger partial charge in [-0.25, -0.2) is 0 Å². The maximum absolute atomic E-state index is 9.07. The van der Waals surface area contributed by atoms with Gasteiger partial charge >= 0.3 is 0 Å². The summed E-state index contributed by atoms with van der Waals surface area (Å²) in [6.07, 6.45) is 1.09. The van der Waals surface area contributed by atoms with Gasteiger partial charge in [-0.2, -0.15) is 0 Å². The maximum atomic E-state index is 9.07. The van der Waals surface area contributed by atoms with Gasteiger partial charge in [0, 0.05) is 0 Å². The minimum Gasteiger partial charge on any atom is -0.387 e. The lowest BCUT2D eigenvalue weighted by atomic mass is 10.4. The Balaban J connectivity index is 3.76. The Morgan fingerprint density at radius 2 is 1.78 bits per heavy atom. The average molecular weight is 388 g/mol. The molecule has 0 aliphatic rings. The average Bonchev–Trinajstić information content (AvgIpc) is 1.63. The Morgan fingerprint density at radius 3 is 1.89 bits per heavy atom. The van der Waals surface area contributed by atoms with E-state index in [1.54, 1.807) is 6.08 Å². The molecule has 9 heavy (non-hydrogen) atoms. The lowest BCUT2D eigenvalue weighted by Crippen LogP contribution is -2.10. The van der Waals surface area contributed by atoms with Gasteiger partial charge in [0.05, 0.1) is 13.2 Å². The monoisotopic (exact) mass is 384 g/mol. The van der Waals surface area contributed by atoms with E-state index in [1.807, 2.05) is 0 Å². The molecule has 0 aliphatic heterocycles. The van der Waals surface area contributed by atoms with Crippen LogP contribution < -0.4 is 0 Å². The topological polar surface area (TPSA) is 20.2 Å². The summed E-state index contributed by atoms with van der Waals surface area (Å²) in [4.78, 5) is 0. The normalized spacial score (nSPS) is 13.6. The number of hydrogen-bond donors (Lipinski definition) is 1. The zero-order valence-electron chi connectivity index (χ0n) is 4.19. The van der Waals surface area contributed by atoms with Crippen LogP contribution >= 0.6 is 63.7 Å². The Hall–Kier alpha value is 1.62. The molecule has 5 heteroatoms. The number of alkyl halides is 2. The lowest BCUT2D eigenvalue weighted by molar-refractivity contribution is 0.244. The summed E-state index contributed by atoms with van der Waals surface area (Å²) < 4.78 is 0.640. The molecule has 0 rings (SSSR count). The molecule has 0 radical (unpaired) electrons. The molecule has 0 fully saturated rings. The van der Waals surface area contributed by atoms with Crippen molar-refractivity contribution in [3.05, 3.63) is 9.47 Å². The third-order valence-electron chi connectivity index (χ3n) is 0.555. The van der Waals surface area contributed by atoms with Crippen molar-refractivity contribution in [3.63, 3.8) is 0 Å². The molecule has 1 N–H and O–H groups in total. The summed E-state index contributed by atoms with van der Waals surface area (Å²) in [6, 6.07) is 0. The first kappa shape index (κ1) is 10.6. The second kappa shape index (κ2) is 5.29. The smallest absolute Gasteiger partial charge is 0.0992 e. The number of aliphatic hydroxyl groups is 1. The number of aliphatic hydroxyl groups excluding tert-OH is 1. The molecular weight excluding hydrogens is 384 g/mol. The molecule has 0 aromatic heterocycles. The van der Waals surface area contributed by atoms with E-state index >= 15 is 0 Å². The fraction of sp³-hybridized carbons (Fsp3) is 0.500. The van der Waals surface area contributed by atoms with Crippen LogP contribution in [0.5, 0.6) is 0 Å². The Morgan fingerprint density at radius 1 is 1.33 bits per heavy atom. The van der Waals surface area contributed by atoms with Crippen molar-refractivity contribution in [2.45, 2.75) is 9.84 Å². The molecule has 0 aromatic carbocycles. The molecule has 0 aliphatic carbocycles. The maximum Gasteiger partial charge on any atom is 0.0992 e. The summed E-state index contributed by atoms with van der Waals surface area (Å²) in [5.74, 6) is 0. The van der Waals surface area contributed by atoms with Crippen molar-refractivity contribution >= 4 is 63.7 Å². The molecule has 0 unspecified atom stereocenters. The molecule has 0 amide bonds. The minimum atomic E-state index is -0.529. The molecule has 1 nitrogen and oxygen atoms in total. The van der Waals surface area contributed by atoms with E-state index < -0.39 is 6.10 Å². The van der Waals surface area contributed by atoms with E-state index in [4.69, 9.17) is 5.11 Å². The van der Waals surface area contributed by atoms with Crippen LogP contribution in [0.4, 0.5) is 0 Å². The van der Waals surface area contributed by atoms with Crippen molar-refractivity contribution < 1.29 is 5.11 Å². The van der Waals surface area contributed by atoms with Crippen molar-refractivity contribution in [2.75, 3.05) is 0 Å². The van der Waals surface area contributed by atoms with Crippen LogP contribution in [0.15, 0.2) is 9.47 Å². The zero-order valence-corrected chi connectivity index (χ0v) is 10.5. The van der Waals surface area contributed by atoms with Gasteiger partial charge in [-0.05, 0) is 37.9 Å². The van der Waals surface area contributed by atoms with Crippen LogP contribution in [0.25, 0.3) is 0 Å². The first-order valence-electron chi connectivity index (χ1n) is 2.03. The third kappa shape index (κ3) is 6.04. The first-order chi connectivity index (χ1) is 4.04. The highest BCUT2D eigenvalue weighted by Crippen LogP contribution is 2.20. The quantitative estimate of drug-likeness (QED) is 0.722. The largest absolute Gasteiger partial charge is 0.387 e. The summed E-state index contributed by atoms with van der Waals surface area (Å²) in [5, 5.41) is 9.07. The Kier molecular flexibility index (Phi) is 6.25. The highest BCUT2D eigenvalue weighted by molar-refractivity contribution is 9.28. The summed E-state index contributed by atoms with van der Waals surface area (Å²) >= 11 is 12.5.